The number of rotatable bonds is 5. The molecule has 0 spiro atoms. The fourth-order valence-corrected chi connectivity index (χ4v) is 3.55. The summed E-state index contributed by atoms with van der Waals surface area (Å²) in [5, 5.41) is 11.6. The summed E-state index contributed by atoms with van der Waals surface area (Å²) in [4.78, 5) is 25.1. The Hall–Kier alpha value is -1.62. The standard InChI is InChI=1S/C15H19NO3S/c1-2-6-11(15(18)19)16-14(17)13-9-10-7-4-3-5-8-12(10)20-13/h2,9,11H,1,3-8H2,(H,16,17)(H,18,19). The Balaban J connectivity index is 2.09. The van der Waals surface area contributed by atoms with Crippen LogP contribution >= 0.6 is 11.3 Å². The van der Waals surface area contributed by atoms with Gasteiger partial charge < -0.3 is 10.4 Å². The van der Waals surface area contributed by atoms with E-state index in [-0.39, 0.29) is 12.3 Å². The Morgan fingerprint density at radius 1 is 1.40 bits per heavy atom. The summed E-state index contributed by atoms with van der Waals surface area (Å²) in [5.74, 6) is -1.33. The van der Waals surface area contributed by atoms with Crippen LogP contribution in [0.1, 0.15) is 45.8 Å². The highest BCUT2D eigenvalue weighted by atomic mass is 32.1. The van der Waals surface area contributed by atoms with Gasteiger partial charge in [0.2, 0.25) is 0 Å². The van der Waals surface area contributed by atoms with Gasteiger partial charge in [-0.2, -0.15) is 0 Å². The van der Waals surface area contributed by atoms with Gasteiger partial charge in [-0.05, 0) is 43.7 Å². The summed E-state index contributed by atoms with van der Waals surface area (Å²) in [7, 11) is 0. The molecule has 0 aromatic carbocycles. The number of thiophene rings is 1. The molecule has 1 heterocycles. The summed E-state index contributed by atoms with van der Waals surface area (Å²) in [5.41, 5.74) is 1.26. The summed E-state index contributed by atoms with van der Waals surface area (Å²) in [6.07, 6.45) is 7.36. The molecule has 0 radical (unpaired) electrons. The Labute approximate surface area is 122 Å². The molecule has 5 heteroatoms. The molecule has 108 valence electrons. The lowest BCUT2D eigenvalue weighted by Crippen LogP contribution is -2.40. The monoisotopic (exact) mass is 293 g/mol. The number of fused-ring (bicyclic) bond motifs is 1. The largest absolute Gasteiger partial charge is 0.480 e. The molecule has 0 saturated heterocycles. The molecule has 1 aliphatic rings. The van der Waals surface area contributed by atoms with Crippen LogP contribution in [0.3, 0.4) is 0 Å². The van der Waals surface area contributed by atoms with Crippen molar-refractivity contribution in [2.75, 3.05) is 0 Å². The number of nitrogens with one attached hydrogen (secondary N) is 1. The second kappa shape index (κ2) is 6.70. The number of hydrogen-bond donors (Lipinski definition) is 2. The van der Waals surface area contributed by atoms with E-state index in [1.807, 2.05) is 6.07 Å². The predicted molar refractivity (Wildman–Crippen MR) is 79.3 cm³/mol. The molecule has 1 aromatic heterocycles. The minimum Gasteiger partial charge on any atom is -0.480 e. The third-order valence-corrected chi connectivity index (χ3v) is 4.71. The third kappa shape index (κ3) is 3.48. The zero-order chi connectivity index (χ0) is 14.5. The van der Waals surface area contributed by atoms with Crippen LogP contribution in [0.5, 0.6) is 0 Å². The minimum absolute atomic E-state index is 0.228. The smallest absolute Gasteiger partial charge is 0.326 e. The Kier molecular flexibility index (Phi) is 4.95. The summed E-state index contributed by atoms with van der Waals surface area (Å²) in [6.45, 7) is 3.51. The van der Waals surface area contributed by atoms with Gasteiger partial charge in [0.25, 0.3) is 5.91 Å². The van der Waals surface area contributed by atoms with Crippen molar-refractivity contribution < 1.29 is 14.7 Å². The van der Waals surface area contributed by atoms with Crippen molar-refractivity contribution in [2.24, 2.45) is 0 Å². The van der Waals surface area contributed by atoms with Crippen molar-refractivity contribution in [2.45, 2.75) is 44.6 Å². The maximum absolute atomic E-state index is 12.1. The molecule has 1 aliphatic carbocycles. The van der Waals surface area contributed by atoms with Crippen molar-refractivity contribution in [3.05, 3.63) is 34.0 Å². The lowest BCUT2D eigenvalue weighted by atomic mass is 10.1. The highest BCUT2D eigenvalue weighted by molar-refractivity contribution is 7.14. The topological polar surface area (TPSA) is 66.4 Å². The predicted octanol–water partition coefficient (Wildman–Crippen LogP) is 2.78. The van der Waals surface area contributed by atoms with Crippen LogP contribution in [-0.4, -0.2) is 23.0 Å². The number of hydrogen-bond acceptors (Lipinski definition) is 3. The molecule has 20 heavy (non-hydrogen) atoms. The minimum atomic E-state index is -1.03. The van der Waals surface area contributed by atoms with Crippen molar-refractivity contribution >= 4 is 23.2 Å². The molecule has 1 amide bonds. The van der Waals surface area contributed by atoms with Crippen LogP contribution in [0.25, 0.3) is 0 Å². The molecular weight excluding hydrogens is 274 g/mol. The maximum atomic E-state index is 12.1. The number of amides is 1. The molecule has 4 nitrogen and oxygen atoms in total. The summed E-state index contributed by atoms with van der Waals surface area (Å²) >= 11 is 1.50. The van der Waals surface area contributed by atoms with E-state index in [9.17, 15) is 9.59 Å². The number of aryl methyl sites for hydroxylation is 2. The molecule has 1 aromatic rings. The fraction of sp³-hybridized carbons (Fsp3) is 0.467. The SMILES string of the molecule is C=CCC(NC(=O)c1cc2c(s1)CCCCC2)C(=O)O. The Morgan fingerprint density at radius 2 is 2.15 bits per heavy atom. The van der Waals surface area contributed by atoms with E-state index in [1.165, 1.54) is 47.1 Å². The van der Waals surface area contributed by atoms with Gasteiger partial charge in [0.05, 0.1) is 4.88 Å². The van der Waals surface area contributed by atoms with Crippen molar-refractivity contribution in [3.8, 4) is 0 Å². The van der Waals surface area contributed by atoms with Gasteiger partial charge in [0.1, 0.15) is 6.04 Å². The second-order valence-electron chi connectivity index (χ2n) is 5.01. The average Bonchev–Trinajstić information content (AvgIpc) is 2.69. The van der Waals surface area contributed by atoms with Gasteiger partial charge >= 0.3 is 5.97 Å². The van der Waals surface area contributed by atoms with Crippen LogP contribution in [0.15, 0.2) is 18.7 Å². The van der Waals surface area contributed by atoms with E-state index in [2.05, 4.69) is 11.9 Å². The summed E-state index contributed by atoms with van der Waals surface area (Å²) in [6, 6.07) is 1.02. The first-order chi connectivity index (χ1) is 9.61. The van der Waals surface area contributed by atoms with Gasteiger partial charge in [0, 0.05) is 4.88 Å². The lowest BCUT2D eigenvalue weighted by molar-refractivity contribution is -0.139. The third-order valence-electron chi connectivity index (χ3n) is 3.48. The van der Waals surface area contributed by atoms with E-state index >= 15 is 0 Å². The molecule has 0 bridgehead atoms. The second-order valence-corrected chi connectivity index (χ2v) is 6.15. The average molecular weight is 293 g/mol. The van der Waals surface area contributed by atoms with Gasteiger partial charge in [-0.3, -0.25) is 4.79 Å². The van der Waals surface area contributed by atoms with Crippen LogP contribution in [0.2, 0.25) is 0 Å². The summed E-state index contributed by atoms with van der Waals surface area (Å²) < 4.78 is 0. The highest BCUT2D eigenvalue weighted by Gasteiger charge is 2.22. The molecule has 0 fully saturated rings. The first-order valence-electron chi connectivity index (χ1n) is 6.88. The van der Waals surface area contributed by atoms with E-state index in [4.69, 9.17) is 5.11 Å². The first kappa shape index (κ1) is 14.8. The van der Waals surface area contributed by atoms with Gasteiger partial charge in [0.15, 0.2) is 0 Å². The van der Waals surface area contributed by atoms with Crippen molar-refractivity contribution in [3.63, 3.8) is 0 Å². The molecule has 0 aliphatic heterocycles. The van der Waals surface area contributed by atoms with E-state index in [1.54, 1.807) is 0 Å². The number of carboxylic acids is 1. The quantitative estimate of drug-likeness (QED) is 0.648. The van der Waals surface area contributed by atoms with Gasteiger partial charge in [-0.15, -0.1) is 17.9 Å². The Bertz CT molecular complexity index is 498. The molecule has 2 rings (SSSR count). The number of aliphatic carboxylic acids is 1. The fourth-order valence-electron chi connectivity index (χ4n) is 2.40. The van der Waals surface area contributed by atoms with E-state index in [0.29, 0.717) is 4.88 Å². The van der Waals surface area contributed by atoms with Crippen LogP contribution in [0, 0.1) is 0 Å². The zero-order valence-corrected chi connectivity index (χ0v) is 12.2. The molecular formula is C15H19NO3S. The van der Waals surface area contributed by atoms with Gasteiger partial charge in [-0.25, -0.2) is 4.79 Å². The molecule has 0 saturated carbocycles. The first-order valence-corrected chi connectivity index (χ1v) is 7.69. The Morgan fingerprint density at radius 3 is 2.85 bits per heavy atom. The van der Waals surface area contributed by atoms with Crippen LogP contribution in [0.4, 0.5) is 0 Å². The molecule has 1 unspecified atom stereocenters. The van der Waals surface area contributed by atoms with Gasteiger partial charge in [-0.1, -0.05) is 12.5 Å². The number of carbonyl (C=O) groups excluding carboxylic acids is 1. The van der Waals surface area contributed by atoms with Crippen LogP contribution < -0.4 is 5.32 Å². The van der Waals surface area contributed by atoms with Crippen molar-refractivity contribution in [1.82, 2.24) is 5.32 Å². The van der Waals surface area contributed by atoms with E-state index in [0.717, 1.165) is 12.8 Å². The zero-order valence-electron chi connectivity index (χ0n) is 11.4. The molecule has 2 N–H and O–H groups in total. The molecule has 1 atom stereocenters. The lowest BCUT2D eigenvalue weighted by Gasteiger charge is -2.11. The number of carboxylic acid groups (broad SMARTS) is 1. The van der Waals surface area contributed by atoms with Crippen LogP contribution in [-0.2, 0) is 17.6 Å². The highest BCUT2D eigenvalue weighted by Crippen LogP contribution is 2.29. The van der Waals surface area contributed by atoms with E-state index < -0.39 is 12.0 Å². The maximum Gasteiger partial charge on any atom is 0.326 e. The van der Waals surface area contributed by atoms with Crippen molar-refractivity contribution in [1.29, 1.82) is 0 Å². The number of carbonyl (C=O) groups is 2. The normalized spacial score (nSPS) is 15.8.